The van der Waals surface area contributed by atoms with Crippen LogP contribution < -0.4 is 10.6 Å². The largest absolute Gasteiger partial charge is 0.374 e. The Kier molecular flexibility index (Phi) is 4.53. The van der Waals surface area contributed by atoms with Crippen molar-refractivity contribution >= 4 is 28.9 Å². The average Bonchev–Trinajstić information content (AvgIpc) is 2.42. The maximum atomic E-state index is 13.4. The molecule has 2 N–H and O–H groups in total. The summed E-state index contributed by atoms with van der Waals surface area (Å²) in [6, 6.07) is 9.37. The van der Waals surface area contributed by atoms with E-state index in [1.54, 1.807) is 0 Å². The molecule has 0 saturated carbocycles. The van der Waals surface area contributed by atoms with Gasteiger partial charge in [0.25, 0.3) is 0 Å². The van der Waals surface area contributed by atoms with Gasteiger partial charge in [0.1, 0.15) is 11.6 Å². The van der Waals surface area contributed by atoms with Crippen molar-refractivity contribution in [3.8, 4) is 0 Å². The first-order chi connectivity index (χ1) is 9.54. The van der Waals surface area contributed by atoms with E-state index in [0.717, 1.165) is 0 Å². The Labute approximate surface area is 119 Å². The minimum absolute atomic E-state index is 0.130. The first kappa shape index (κ1) is 14.3. The Bertz CT molecular complexity index is 617. The van der Waals surface area contributed by atoms with Crippen molar-refractivity contribution in [2.75, 3.05) is 17.2 Å². The molecule has 2 rings (SSSR count). The number of anilines is 2. The van der Waals surface area contributed by atoms with E-state index in [1.165, 1.54) is 42.5 Å². The molecule has 3 nitrogen and oxygen atoms in total. The third kappa shape index (κ3) is 3.93. The fourth-order valence-corrected chi connectivity index (χ4v) is 1.72. The van der Waals surface area contributed by atoms with Crippen LogP contribution in [0.3, 0.4) is 0 Å². The van der Waals surface area contributed by atoms with E-state index in [9.17, 15) is 13.6 Å². The predicted molar refractivity (Wildman–Crippen MR) is 74.9 cm³/mol. The molecule has 1 amide bonds. The molecule has 0 saturated heterocycles. The van der Waals surface area contributed by atoms with E-state index in [1.807, 2.05) is 0 Å². The number of benzene rings is 2. The van der Waals surface area contributed by atoms with E-state index in [0.29, 0.717) is 10.7 Å². The van der Waals surface area contributed by atoms with Crippen molar-refractivity contribution in [2.24, 2.45) is 0 Å². The quantitative estimate of drug-likeness (QED) is 0.904. The van der Waals surface area contributed by atoms with Crippen molar-refractivity contribution in [2.45, 2.75) is 0 Å². The Morgan fingerprint density at radius 1 is 1.10 bits per heavy atom. The summed E-state index contributed by atoms with van der Waals surface area (Å²) in [5.41, 5.74) is 0.608. The summed E-state index contributed by atoms with van der Waals surface area (Å²) in [5.74, 6) is -1.26. The molecule has 2 aromatic carbocycles. The van der Waals surface area contributed by atoms with Crippen molar-refractivity contribution < 1.29 is 13.6 Å². The smallest absolute Gasteiger partial charge is 0.243 e. The Morgan fingerprint density at radius 2 is 1.80 bits per heavy atom. The van der Waals surface area contributed by atoms with Crippen LogP contribution in [0.2, 0.25) is 5.02 Å². The highest BCUT2D eigenvalue weighted by molar-refractivity contribution is 6.30. The zero-order valence-corrected chi connectivity index (χ0v) is 11.0. The van der Waals surface area contributed by atoms with Crippen molar-refractivity contribution in [1.82, 2.24) is 0 Å². The third-order valence-corrected chi connectivity index (χ3v) is 2.73. The molecule has 0 unspecified atom stereocenters. The van der Waals surface area contributed by atoms with Gasteiger partial charge >= 0.3 is 0 Å². The van der Waals surface area contributed by atoms with Crippen LogP contribution >= 0.6 is 11.6 Å². The molecule has 6 heteroatoms. The van der Waals surface area contributed by atoms with E-state index >= 15 is 0 Å². The van der Waals surface area contributed by atoms with Gasteiger partial charge in [-0.15, -0.1) is 0 Å². The van der Waals surface area contributed by atoms with E-state index < -0.39 is 5.82 Å². The molecule has 0 radical (unpaired) electrons. The number of amides is 1. The molecule has 0 fully saturated rings. The SMILES string of the molecule is O=C(CNc1cc(Cl)ccc1F)Nc1ccc(F)cc1. The molecule has 0 heterocycles. The van der Waals surface area contributed by atoms with Gasteiger partial charge in [0.15, 0.2) is 0 Å². The first-order valence-electron chi connectivity index (χ1n) is 5.79. The van der Waals surface area contributed by atoms with Crippen molar-refractivity contribution in [3.63, 3.8) is 0 Å². The number of rotatable bonds is 4. The molecule has 0 aliphatic rings. The van der Waals surface area contributed by atoms with E-state index in [2.05, 4.69) is 10.6 Å². The molecule has 2 aromatic rings. The maximum Gasteiger partial charge on any atom is 0.243 e. The molecule has 0 aliphatic carbocycles. The summed E-state index contributed by atoms with van der Waals surface area (Å²) in [6.45, 7) is -0.130. The van der Waals surface area contributed by atoms with Crippen LogP contribution in [-0.2, 0) is 4.79 Å². The van der Waals surface area contributed by atoms with Gasteiger partial charge in [-0.3, -0.25) is 4.79 Å². The number of carbonyl (C=O) groups excluding carboxylic acids is 1. The van der Waals surface area contributed by atoms with Gasteiger partial charge < -0.3 is 10.6 Å². The number of nitrogens with one attached hydrogen (secondary N) is 2. The Morgan fingerprint density at radius 3 is 2.50 bits per heavy atom. The predicted octanol–water partition coefficient (Wildman–Crippen LogP) is 3.67. The van der Waals surface area contributed by atoms with Gasteiger partial charge in [-0.2, -0.15) is 0 Å². The highest BCUT2D eigenvalue weighted by Crippen LogP contribution is 2.19. The molecular formula is C14H11ClF2N2O. The fraction of sp³-hybridized carbons (Fsp3) is 0.0714. The van der Waals surface area contributed by atoms with Gasteiger partial charge in [-0.05, 0) is 42.5 Å². The summed E-state index contributed by atoms with van der Waals surface area (Å²) >= 11 is 5.73. The van der Waals surface area contributed by atoms with Crippen LogP contribution in [0.25, 0.3) is 0 Å². The standard InChI is InChI=1S/C14H11ClF2N2O/c15-9-1-6-12(17)13(7-9)18-8-14(20)19-11-4-2-10(16)3-5-11/h1-7,18H,8H2,(H,19,20). The van der Waals surface area contributed by atoms with Gasteiger partial charge in [0.2, 0.25) is 5.91 Å². The fourth-order valence-electron chi connectivity index (χ4n) is 1.55. The van der Waals surface area contributed by atoms with Gasteiger partial charge in [0, 0.05) is 10.7 Å². The second-order valence-electron chi connectivity index (χ2n) is 4.03. The lowest BCUT2D eigenvalue weighted by Crippen LogP contribution is -2.22. The number of hydrogen-bond acceptors (Lipinski definition) is 2. The second-order valence-corrected chi connectivity index (χ2v) is 4.47. The molecular weight excluding hydrogens is 286 g/mol. The van der Waals surface area contributed by atoms with Crippen LogP contribution in [0, 0.1) is 11.6 Å². The average molecular weight is 297 g/mol. The molecule has 104 valence electrons. The molecule has 0 aliphatic heterocycles. The van der Waals surface area contributed by atoms with Crippen LogP contribution in [0.5, 0.6) is 0 Å². The molecule has 0 aromatic heterocycles. The first-order valence-corrected chi connectivity index (χ1v) is 6.17. The monoisotopic (exact) mass is 296 g/mol. The molecule has 20 heavy (non-hydrogen) atoms. The zero-order valence-electron chi connectivity index (χ0n) is 10.3. The van der Waals surface area contributed by atoms with Crippen molar-refractivity contribution in [3.05, 3.63) is 59.1 Å². The maximum absolute atomic E-state index is 13.4. The minimum Gasteiger partial charge on any atom is -0.374 e. The lowest BCUT2D eigenvalue weighted by Gasteiger charge is -2.09. The molecule has 0 spiro atoms. The van der Waals surface area contributed by atoms with Crippen LogP contribution in [0.4, 0.5) is 20.2 Å². The number of carbonyl (C=O) groups is 1. The van der Waals surface area contributed by atoms with E-state index in [-0.39, 0.29) is 24.0 Å². The lowest BCUT2D eigenvalue weighted by atomic mass is 10.3. The Hall–Kier alpha value is -2.14. The van der Waals surface area contributed by atoms with Crippen molar-refractivity contribution in [1.29, 1.82) is 0 Å². The van der Waals surface area contributed by atoms with Gasteiger partial charge in [-0.25, -0.2) is 8.78 Å². The Balaban J connectivity index is 1.92. The summed E-state index contributed by atoms with van der Waals surface area (Å²) in [7, 11) is 0. The number of halogens is 3. The van der Waals surface area contributed by atoms with Crippen LogP contribution in [0.1, 0.15) is 0 Å². The van der Waals surface area contributed by atoms with Crippen LogP contribution in [-0.4, -0.2) is 12.5 Å². The third-order valence-electron chi connectivity index (χ3n) is 2.50. The summed E-state index contributed by atoms with van der Waals surface area (Å²) in [4.78, 5) is 11.6. The lowest BCUT2D eigenvalue weighted by molar-refractivity contribution is -0.114. The van der Waals surface area contributed by atoms with Gasteiger partial charge in [0.05, 0.1) is 12.2 Å². The van der Waals surface area contributed by atoms with Crippen LogP contribution in [0.15, 0.2) is 42.5 Å². The zero-order chi connectivity index (χ0) is 14.5. The molecule has 0 atom stereocenters. The summed E-state index contributed by atoms with van der Waals surface area (Å²) < 4.78 is 26.1. The van der Waals surface area contributed by atoms with Gasteiger partial charge in [-0.1, -0.05) is 11.6 Å². The molecule has 0 bridgehead atoms. The minimum atomic E-state index is -0.496. The highest BCUT2D eigenvalue weighted by atomic mass is 35.5. The normalized spacial score (nSPS) is 10.2. The second kappa shape index (κ2) is 6.34. The highest BCUT2D eigenvalue weighted by Gasteiger charge is 2.06. The summed E-state index contributed by atoms with van der Waals surface area (Å²) in [5, 5.41) is 5.56. The van der Waals surface area contributed by atoms with E-state index in [4.69, 9.17) is 11.6 Å². The summed E-state index contributed by atoms with van der Waals surface area (Å²) in [6.07, 6.45) is 0. The topological polar surface area (TPSA) is 41.1 Å². The number of hydrogen-bond donors (Lipinski definition) is 2.